The first-order chi connectivity index (χ1) is 15.4. The van der Waals surface area contributed by atoms with Crippen LogP contribution >= 0.6 is 34.3 Å². The SMILES string of the molecule is [C-]#[N+]c1sccc1-c1c(-c2cccs2)n(S(=O)(=O)c2ccc(Cl)cc2)c2ccc(O)cc12. The van der Waals surface area contributed by atoms with E-state index in [2.05, 4.69) is 4.85 Å². The molecule has 0 radical (unpaired) electrons. The van der Waals surface area contributed by atoms with E-state index in [-0.39, 0.29) is 10.6 Å². The van der Waals surface area contributed by atoms with Crippen LogP contribution in [-0.2, 0) is 10.0 Å². The van der Waals surface area contributed by atoms with E-state index in [4.69, 9.17) is 18.2 Å². The molecule has 0 amide bonds. The molecule has 5 rings (SSSR count). The quantitative estimate of drug-likeness (QED) is 0.266. The molecule has 0 bridgehead atoms. The number of benzene rings is 2. The zero-order chi connectivity index (χ0) is 22.5. The Morgan fingerprint density at radius 2 is 1.78 bits per heavy atom. The van der Waals surface area contributed by atoms with Crippen LogP contribution < -0.4 is 0 Å². The molecule has 0 saturated heterocycles. The van der Waals surface area contributed by atoms with E-state index in [1.54, 1.807) is 17.5 Å². The highest BCUT2D eigenvalue weighted by molar-refractivity contribution is 7.90. The van der Waals surface area contributed by atoms with Crippen LogP contribution in [0.4, 0.5) is 5.00 Å². The minimum atomic E-state index is -4.03. The molecule has 0 unspecified atom stereocenters. The van der Waals surface area contributed by atoms with E-state index >= 15 is 0 Å². The Bertz CT molecular complexity index is 1610. The molecule has 9 heteroatoms. The zero-order valence-corrected chi connectivity index (χ0v) is 19.4. The van der Waals surface area contributed by atoms with Gasteiger partial charge in [0.2, 0.25) is 5.00 Å². The maximum absolute atomic E-state index is 13.9. The largest absolute Gasteiger partial charge is 0.508 e. The van der Waals surface area contributed by atoms with Gasteiger partial charge in [-0.25, -0.2) is 17.2 Å². The van der Waals surface area contributed by atoms with Crippen LogP contribution in [0.15, 0.2) is 76.3 Å². The van der Waals surface area contributed by atoms with Crippen LogP contribution in [0, 0.1) is 6.57 Å². The van der Waals surface area contributed by atoms with Crippen molar-refractivity contribution in [3.63, 3.8) is 0 Å². The van der Waals surface area contributed by atoms with Gasteiger partial charge in [-0.1, -0.05) is 23.7 Å². The van der Waals surface area contributed by atoms with Gasteiger partial charge in [-0.2, -0.15) is 11.3 Å². The number of nitrogens with zero attached hydrogens (tertiary/aromatic N) is 2. The number of hydrogen-bond donors (Lipinski definition) is 1. The number of hydrogen-bond acceptors (Lipinski definition) is 5. The highest BCUT2D eigenvalue weighted by Gasteiger charge is 2.30. The van der Waals surface area contributed by atoms with E-state index in [1.165, 1.54) is 57.0 Å². The van der Waals surface area contributed by atoms with Gasteiger partial charge in [0.25, 0.3) is 10.0 Å². The molecule has 1 N–H and O–H groups in total. The molecule has 0 aliphatic carbocycles. The number of halogens is 1. The minimum Gasteiger partial charge on any atom is -0.508 e. The molecule has 0 aliphatic heterocycles. The monoisotopic (exact) mass is 496 g/mol. The lowest BCUT2D eigenvalue weighted by atomic mass is 10.0. The summed E-state index contributed by atoms with van der Waals surface area (Å²) in [5.74, 6) is 0.0112. The number of fused-ring (bicyclic) bond motifs is 1. The lowest BCUT2D eigenvalue weighted by molar-refractivity contribution is 0.476. The first-order valence-electron chi connectivity index (χ1n) is 9.29. The second kappa shape index (κ2) is 7.80. The molecule has 0 saturated carbocycles. The van der Waals surface area contributed by atoms with Crippen molar-refractivity contribution in [1.82, 2.24) is 3.97 Å². The third-order valence-electron chi connectivity index (χ3n) is 5.03. The number of phenolic OH excluding ortho intramolecular Hbond substituents is 1. The molecule has 0 aliphatic rings. The Morgan fingerprint density at radius 1 is 1.00 bits per heavy atom. The summed E-state index contributed by atoms with van der Waals surface area (Å²) in [6, 6.07) is 16.1. The summed E-state index contributed by atoms with van der Waals surface area (Å²) in [5.41, 5.74) is 2.11. The normalized spacial score (nSPS) is 11.6. The van der Waals surface area contributed by atoms with Crippen LogP contribution in [-0.4, -0.2) is 17.5 Å². The Kier molecular flexibility index (Phi) is 5.07. The molecule has 3 heterocycles. The van der Waals surface area contributed by atoms with Crippen LogP contribution in [0.2, 0.25) is 5.02 Å². The topological polar surface area (TPSA) is 63.7 Å². The predicted molar refractivity (Wildman–Crippen MR) is 131 cm³/mol. The molecule has 0 fully saturated rings. The van der Waals surface area contributed by atoms with Gasteiger partial charge >= 0.3 is 0 Å². The number of thiophene rings is 2. The van der Waals surface area contributed by atoms with Crippen molar-refractivity contribution in [1.29, 1.82) is 0 Å². The van der Waals surface area contributed by atoms with Crippen LogP contribution in [0.5, 0.6) is 5.75 Å². The average Bonchev–Trinajstić information content (AvgIpc) is 3.51. The lowest BCUT2D eigenvalue weighted by Crippen LogP contribution is -2.14. The Morgan fingerprint density at radius 3 is 2.47 bits per heavy atom. The highest BCUT2D eigenvalue weighted by atomic mass is 35.5. The first kappa shape index (κ1) is 20.8. The van der Waals surface area contributed by atoms with Gasteiger partial charge < -0.3 is 5.11 Å². The molecular weight excluding hydrogens is 484 g/mol. The maximum Gasteiger partial charge on any atom is 0.268 e. The lowest BCUT2D eigenvalue weighted by Gasteiger charge is -2.12. The van der Waals surface area contributed by atoms with E-state index in [0.717, 1.165) is 4.88 Å². The first-order valence-corrected chi connectivity index (χ1v) is 12.9. The maximum atomic E-state index is 13.9. The van der Waals surface area contributed by atoms with Gasteiger partial charge in [-0.15, -0.1) is 11.3 Å². The fourth-order valence-electron chi connectivity index (χ4n) is 3.70. The van der Waals surface area contributed by atoms with Crippen molar-refractivity contribution in [2.75, 3.05) is 0 Å². The van der Waals surface area contributed by atoms with Crippen LogP contribution in [0.3, 0.4) is 0 Å². The fraction of sp³-hybridized carbons (Fsp3) is 0. The van der Waals surface area contributed by atoms with Crippen LogP contribution in [0.25, 0.3) is 37.4 Å². The molecule has 158 valence electrons. The van der Waals surface area contributed by atoms with Crippen molar-refractivity contribution >= 4 is 60.2 Å². The van der Waals surface area contributed by atoms with Gasteiger partial charge in [0, 0.05) is 21.5 Å². The molecule has 3 aromatic heterocycles. The third kappa shape index (κ3) is 3.22. The summed E-state index contributed by atoms with van der Waals surface area (Å²) < 4.78 is 29.1. The minimum absolute atomic E-state index is 0.0112. The van der Waals surface area contributed by atoms with Crippen molar-refractivity contribution in [2.24, 2.45) is 0 Å². The van der Waals surface area contributed by atoms with Crippen molar-refractivity contribution in [3.05, 3.63) is 87.9 Å². The van der Waals surface area contributed by atoms with E-state index in [0.29, 0.717) is 37.7 Å². The van der Waals surface area contributed by atoms with Crippen molar-refractivity contribution in [3.8, 4) is 27.4 Å². The Labute approximate surface area is 197 Å². The van der Waals surface area contributed by atoms with E-state index in [9.17, 15) is 13.5 Å². The molecule has 5 nitrogen and oxygen atoms in total. The zero-order valence-electron chi connectivity index (χ0n) is 16.2. The van der Waals surface area contributed by atoms with Gasteiger partial charge in [0.05, 0.1) is 27.6 Å². The van der Waals surface area contributed by atoms with Crippen LogP contribution in [0.1, 0.15) is 0 Å². The predicted octanol–water partition coefficient (Wildman–Crippen LogP) is 7.25. The van der Waals surface area contributed by atoms with Crippen molar-refractivity contribution in [2.45, 2.75) is 4.90 Å². The van der Waals surface area contributed by atoms with Gasteiger partial charge in [0.1, 0.15) is 5.75 Å². The summed E-state index contributed by atoms with van der Waals surface area (Å²) in [5, 5.41) is 15.3. The number of rotatable bonds is 4. The molecule has 0 atom stereocenters. The molecular formula is C23H13ClN2O3S3. The van der Waals surface area contributed by atoms with Gasteiger partial charge in [-0.3, -0.25) is 0 Å². The Balaban J connectivity index is 1.98. The standard InChI is InChI=1S/C23H13ClN2O3S3/c1-25-23-17(10-12-31-23)21-18-13-15(27)6-9-19(18)26(22(21)20-3-2-11-30-20)32(28,29)16-7-4-14(24)5-8-16/h2-13,27H. The summed E-state index contributed by atoms with van der Waals surface area (Å²) in [7, 11) is -4.03. The van der Waals surface area contributed by atoms with E-state index < -0.39 is 10.0 Å². The molecule has 32 heavy (non-hydrogen) atoms. The second-order valence-electron chi connectivity index (χ2n) is 6.88. The summed E-state index contributed by atoms with van der Waals surface area (Å²) >= 11 is 8.68. The highest BCUT2D eigenvalue weighted by Crippen LogP contribution is 2.48. The molecule has 0 spiro atoms. The molecule has 5 aromatic rings. The second-order valence-corrected chi connectivity index (χ2v) is 10.9. The summed E-state index contributed by atoms with van der Waals surface area (Å²) in [6.07, 6.45) is 0. The number of phenols is 1. The van der Waals surface area contributed by atoms with Gasteiger partial charge in [0.15, 0.2) is 0 Å². The molecule has 2 aromatic carbocycles. The smallest absolute Gasteiger partial charge is 0.268 e. The number of aromatic nitrogens is 1. The van der Waals surface area contributed by atoms with Gasteiger partial charge in [-0.05, 0) is 59.3 Å². The van der Waals surface area contributed by atoms with Crippen molar-refractivity contribution < 1.29 is 13.5 Å². The summed E-state index contributed by atoms with van der Waals surface area (Å²) in [6.45, 7) is 7.58. The summed E-state index contributed by atoms with van der Waals surface area (Å²) in [4.78, 5) is 4.46. The number of aromatic hydroxyl groups is 1. The fourth-order valence-corrected chi connectivity index (χ4v) is 6.87. The van der Waals surface area contributed by atoms with E-state index in [1.807, 2.05) is 23.6 Å². The average molecular weight is 497 g/mol. The third-order valence-corrected chi connectivity index (χ3v) is 8.69. The Hall–Kier alpha value is -3.09.